The molecule has 0 heterocycles. The summed E-state index contributed by atoms with van der Waals surface area (Å²) in [7, 11) is 0. The second-order valence-corrected chi connectivity index (χ2v) is 3.00. The van der Waals surface area contributed by atoms with Gasteiger partial charge >= 0.3 is 64.4 Å². The van der Waals surface area contributed by atoms with Gasteiger partial charge in [-0.1, -0.05) is 0 Å². The molecule has 4 heteroatoms. The van der Waals surface area contributed by atoms with Crippen LogP contribution >= 0.6 is 0 Å². The van der Waals surface area contributed by atoms with Crippen molar-refractivity contribution in [3.8, 4) is 0 Å². The quantitative estimate of drug-likeness (QED) is 0.691. The van der Waals surface area contributed by atoms with Crippen molar-refractivity contribution in [1.82, 2.24) is 0 Å². The fourth-order valence-electron chi connectivity index (χ4n) is 1.01. The van der Waals surface area contributed by atoms with E-state index in [0.717, 1.165) is 6.42 Å². The first-order chi connectivity index (χ1) is 7.34. The fourth-order valence-corrected chi connectivity index (χ4v) is 1.40. The molecule has 80 valence electrons. The summed E-state index contributed by atoms with van der Waals surface area (Å²) in [5, 5.41) is 0. The van der Waals surface area contributed by atoms with E-state index in [9.17, 15) is 0 Å². The average molecular weight is 246 g/mol. The third kappa shape index (κ3) is 10.9. The van der Waals surface area contributed by atoms with Crippen LogP contribution in [0, 0.1) is 0 Å². The van der Waals surface area contributed by atoms with Crippen LogP contribution < -0.4 is 0 Å². The van der Waals surface area contributed by atoms with E-state index < -0.39 is 0 Å². The maximum Gasteiger partial charge on any atom is 0.281 e. The summed E-state index contributed by atoms with van der Waals surface area (Å²) in [5.41, 5.74) is 1.48. The molecule has 0 spiro atoms. The Kier molecular flexibility index (Phi) is 24.4. The maximum absolute atomic E-state index is 7.50. The Morgan fingerprint density at radius 2 is 1.67 bits per heavy atom. The molecule has 6 radical (unpaired) electrons. The molecule has 0 saturated carbocycles. The summed E-state index contributed by atoms with van der Waals surface area (Å²) in [4.78, 5) is 22.5. The molecule has 1 aliphatic carbocycles. The van der Waals surface area contributed by atoms with Crippen LogP contribution in [0.2, 0.25) is 0 Å². The van der Waals surface area contributed by atoms with Crippen LogP contribution in [0.25, 0.3) is 0 Å². The van der Waals surface area contributed by atoms with E-state index in [1.807, 2.05) is 0 Å². The summed E-state index contributed by atoms with van der Waals surface area (Å²) in [5.74, 6) is 0. The molecule has 15 heavy (non-hydrogen) atoms. The van der Waals surface area contributed by atoms with Gasteiger partial charge in [0.05, 0.1) is 0 Å². The van der Waals surface area contributed by atoms with Crippen molar-refractivity contribution in [2.45, 2.75) is 26.2 Å². The minimum absolute atomic E-state index is 1.11. The molecule has 0 bridgehead atoms. The molecule has 0 N–H and O–H groups in total. The Morgan fingerprint density at radius 1 is 1.20 bits per heavy atom. The Hall–Kier alpha value is -0.991. The first-order valence-corrected chi connectivity index (χ1v) is 4.59. The Labute approximate surface area is 99.4 Å². The summed E-state index contributed by atoms with van der Waals surface area (Å²) in [6.45, 7) is 15.7. The molecule has 0 amide bonds. The van der Waals surface area contributed by atoms with Crippen LogP contribution in [-0.2, 0) is 30.4 Å². The van der Waals surface area contributed by atoms with Gasteiger partial charge in [-0.25, -0.2) is 0 Å². The van der Waals surface area contributed by atoms with Gasteiger partial charge in [0.1, 0.15) is 0 Å². The zero-order chi connectivity index (χ0) is 12.7. The predicted octanol–water partition coefficient (Wildman–Crippen LogP) is 1.36. The first kappa shape index (κ1) is 19.6. The van der Waals surface area contributed by atoms with E-state index in [4.69, 9.17) is 14.4 Å². The van der Waals surface area contributed by atoms with Crippen molar-refractivity contribution >= 4 is 20.4 Å². The van der Waals surface area contributed by atoms with Crippen LogP contribution in [-0.4, -0.2) is 20.4 Å². The second kappa shape index (κ2) is 18.7. The van der Waals surface area contributed by atoms with E-state index in [2.05, 4.69) is 55.5 Å². The van der Waals surface area contributed by atoms with Crippen LogP contribution in [0.5, 0.6) is 0 Å². The van der Waals surface area contributed by atoms with Gasteiger partial charge in [-0.05, 0) is 0 Å². The smallest absolute Gasteiger partial charge is 0.281 e. The number of rotatable bonds is 2. The second-order valence-electron chi connectivity index (χ2n) is 2.29. The van der Waals surface area contributed by atoms with Crippen molar-refractivity contribution < 1.29 is 30.4 Å². The monoisotopic (exact) mass is 246 g/mol. The van der Waals surface area contributed by atoms with E-state index >= 15 is 0 Å². The summed E-state index contributed by atoms with van der Waals surface area (Å²) in [6.07, 6.45) is 7.99. The van der Waals surface area contributed by atoms with Crippen molar-refractivity contribution in [2.24, 2.45) is 0 Å². The van der Waals surface area contributed by atoms with Crippen molar-refractivity contribution in [1.29, 1.82) is 0 Å². The van der Waals surface area contributed by atoms with Gasteiger partial charge in [0.15, 0.2) is 0 Å². The Morgan fingerprint density at radius 3 is 1.93 bits per heavy atom. The van der Waals surface area contributed by atoms with Gasteiger partial charge in [-0.2, -0.15) is 0 Å². The standard InChI is InChI=1S/C8H11.3CO.Mn/c1-2-5-8-6-3-4-7-8;3*1-2;/h3,6H,2,4-5H2,1H3;;;;. The summed E-state index contributed by atoms with van der Waals surface area (Å²) >= 11 is 3.52. The number of allylic oxidation sites excluding steroid dienone is 4. The van der Waals surface area contributed by atoms with Crippen LogP contribution in [0.15, 0.2) is 22.2 Å². The van der Waals surface area contributed by atoms with Crippen molar-refractivity contribution in [2.75, 3.05) is 0 Å². The Balaban J connectivity index is -0.000000208. The van der Waals surface area contributed by atoms with Crippen LogP contribution in [0.4, 0.5) is 0 Å². The molecular formula is C11H11MnO3. The number of hydrogen-bond donors (Lipinski definition) is 0. The first-order valence-electron chi connectivity index (χ1n) is 4.00. The van der Waals surface area contributed by atoms with Crippen LogP contribution in [0.3, 0.4) is 0 Å². The summed E-state index contributed by atoms with van der Waals surface area (Å²) < 4.78 is 1.38. The number of carbonyl (C=O) groups excluding carboxylic acids is 3. The molecule has 1 rings (SSSR count). The van der Waals surface area contributed by atoms with E-state index in [1.165, 1.54) is 22.9 Å². The van der Waals surface area contributed by atoms with Gasteiger partial charge in [0, 0.05) is 0 Å². The molecule has 0 atom stereocenters. The maximum atomic E-state index is 7.50. The molecule has 1 aliphatic rings. The Bertz CT molecular complexity index is 195. The zero-order valence-corrected chi connectivity index (χ0v) is 9.56. The minimum Gasteiger partial charge on any atom is -0.281 e. The molecule has 0 aromatic heterocycles. The normalized spacial score (nSPS) is 11.3. The van der Waals surface area contributed by atoms with Gasteiger partial charge < -0.3 is 0 Å². The fraction of sp³-hybridized carbons (Fsp3) is 0.364. The SMILES string of the molecule is CCCC1=[C]([Mn])CC=C1.[C]=O.[C]=O.[C]=O. The molecule has 0 unspecified atom stereocenters. The predicted molar refractivity (Wildman–Crippen MR) is 52.8 cm³/mol. The molecule has 3 nitrogen and oxygen atoms in total. The van der Waals surface area contributed by atoms with Gasteiger partial charge in [-0.3, -0.25) is 14.4 Å². The molecule has 0 aromatic carbocycles. The van der Waals surface area contributed by atoms with Gasteiger partial charge in [0.25, 0.3) is 20.4 Å². The van der Waals surface area contributed by atoms with E-state index in [1.54, 1.807) is 0 Å². The molecule has 0 fully saturated rings. The molecule has 0 saturated heterocycles. The molecular weight excluding hydrogens is 235 g/mol. The third-order valence-electron chi connectivity index (χ3n) is 1.48. The van der Waals surface area contributed by atoms with Crippen LogP contribution in [0.1, 0.15) is 26.2 Å². The molecule has 0 aliphatic heterocycles. The van der Waals surface area contributed by atoms with E-state index in [0.29, 0.717) is 0 Å². The van der Waals surface area contributed by atoms with E-state index in [-0.39, 0.29) is 0 Å². The average Bonchev–Trinajstić information content (AvgIpc) is 2.74. The van der Waals surface area contributed by atoms with Gasteiger partial charge in [0.2, 0.25) is 0 Å². The topological polar surface area (TPSA) is 51.2 Å². The largest absolute Gasteiger partial charge is 0.281 e. The summed E-state index contributed by atoms with van der Waals surface area (Å²) in [6, 6.07) is 0. The third-order valence-corrected chi connectivity index (χ3v) is 2.10. The van der Waals surface area contributed by atoms with Gasteiger partial charge in [-0.15, -0.1) is 0 Å². The zero-order valence-electron chi connectivity index (χ0n) is 8.38. The minimum atomic E-state index is 1.11. The molecule has 0 aromatic rings. The van der Waals surface area contributed by atoms with Crippen molar-refractivity contribution in [3.05, 3.63) is 22.2 Å². The van der Waals surface area contributed by atoms with Crippen molar-refractivity contribution in [3.63, 3.8) is 0 Å². The number of hydrogen-bond acceptors (Lipinski definition) is 3.